The van der Waals surface area contributed by atoms with Crippen molar-refractivity contribution in [2.45, 2.75) is 38.6 Å². The molecule has 4 heteroatoms. The zero-order valence-corrected chi connectivity index (χ0v) is 12.0. The first-order chi connectivity index (χ1) is 9.71. The summed E-state index contributed by atoms with van der Waals surface area (Å²) in [6.07, 6.45) is 3.29. The minimum absolute atomic E-state index is 0.157. The van der Waals surface area contributed by atoms with Crippen molar-refractivity contribution in [2.24, 2.45) is 0 Å². The first kappa shape index (κ1) is 13.0. The highest BCUT2D eigenvalue weighted by atomic mass is 16.5. The highest BCUT2D eigenvalue weighted by Gasteiger charge is 2.26. The van der Waals surface area contributed by atoms with Gasteiger partial charge in [-0.2, -0.15) is 0 Å². The third-order valence-electron chi connectivity index (χ3n) is 3.94. The van der Waals surface area contributed by atoms with Crippen LogP contribution in [0.1, 0.15) is 31.0 Å². The standard InChI is InChI=1S/C16H20N2O2/c1-3-4-16(19)17-10-7-12-13-9-11(20-2)5-6-14(13)18-15(12)8-10/h5-6,9-10,18H,3-4,7-8H2,1-2H3,(H,17,19). The first-order valence-corrected chi connectivity index (χ1v) is 7.18. The maximum Gasteiger partial charge on any atom is 0.220 e. The smallest absolute Gasteiger partial charge is 0.220 e. The van der Waals surface area contributed by atoms with Crippen molar-refractivity contribution in [2.75, 3.05) is 7.11 Å². The zero-order valence-electron chi connectivity index (χ0n) is 12.0. The molecule has 106 valence electrons. The number of carbonyl (C=O) groups excluding carboxylic acids is 1. The monoisotopic (exact) mass is 272 g/mol. The Morgan fingerprint density at radius 1 is 1.45 bits per heavy atom. The molecule has 3 rings (SSSR count). The molecule has 0 radical (unpaired) electrons. The Hall–Kier alpha value is -1.97. The second kappa shape index (κ2) is 5.19. The van der Waals surface area contributed by atoms with Crippen LogP contribution in [0.5, 0.6) is 5.75 Å². The van der Waals surface area contributed by atoms with Crippen LogP contribution in [0.15, 0.2) is 18.2 Å². The van der Waals surface area contributed by atoms with Gasteiger partial charge < -0.3 is 15.0 Å². The molecule has 4 nitrogen and oxygen atoms in total. The van der Waals surface area contributed by atoms with Crippen molar-refractivity contribution >= 4 is 16.8 Å². The van der Waals surface area contributed by atoms with Gasteiger partial charge in [-0.1, -0.05) is 6.92 Å². The number of carbonyl (C=O) groups is 1. The molecule has 0 aliphatic heterocycles. The van der Waals surface area contributed by atoms with Crippen LogP contribution in [-0.2, 0) is 17.6 Å². The van der Waals surface area contributed by atoms with E-state index in [-0.39, 0.29) is 11.9 Å². The molecular formula is C16H20N2O2. The average molecular weight is 272 g/mol. The minimum Gasteiger partial charge on any atom is -0.497 e. The summed E-state index contributed by atoms with van der Waals surface area (Å²) in [5, 5.41) is 4.33. The Morgan fingerprint density at radius 2 is 2.30 bits per heavy atom. The molecule has 0 saturated carbocycles. The lowest BCUT2D eigenvalue weighted by atomic mass is 10.1. The fourth-order valence-electron chi connectivity index (χ4n) is 3.01. The van der Waals surface area contributed by atoms with Gasteiger partial charge in [0.25, 0.3) is 0 Å². The molecule has 2 N–H and O–H groups in total. The Balaban J connectivity index is 1.81. The molecule has 1 aromatic heterocycles. The predicted octanol–water partition coefficient (Wildman–Crippen LogP) is 2.56. The topological polar surface area (TPSA) is 54.1 Å². The fraction of sp³-hybridized carbons (Fsp3) is 0.438. The molecule has 1 heterocycles. The van der Waals surface area contributed by atoms with Crippen molar-refractivity contribution in [3.8, 4) is 5.75 Å². The van der Waals surface area contributed by atoms with Gasteiger partial charge in [0, 0.05) is 35.5 Å². The number of fused-ring (bicyclic) bond motifs is 3. The summed E-state index contributed by atoms with van der Waals surface area (Å²) in [6.45, 7) is 2.02. The van der Waals surface area contributed by atoms with Gasteiger partial charge in [-0.3, -0.25) is 4.79 Å². The molecule has 0 fully saturated rings. The Kier molecular flexibility index (Phi) is 3.38. The van der Waals surface area contributed by atoms with E-state index >= 15 is 0 Å². The van der Waals surface area contributed by atoms with Crippen LogP contribution >= 0.6 is 0 Å². The highest BCUT2D eigenvalue weighted by molar-refractivity contribution is 5.87. The van der Waals surface area contributed by atoms with Crippen LogP contribution in [0.2, 0.25) is 0 Å². The second-order valence-electron chi connectivity index (χ2n) is 5.42. The normalized spacial score (nSPS) is 17.2. The number of nitrogens with one attached hydrogen (secondary N) is 2. The largest absolute Gasteiger partial charge is 0.497 e. The second-order valence-corrected chi connectivity index (χ2v) is 5.42. The van der Waals surface area contributed by atoms with E-state index in [4.69, 9.17) is 4.74 Å². The van der Waals surface area contributed by atoms with Crippen LogP contribution < -0.4 is 10.1 Å². The van der Waals surface area contributed by atoms with Gasteiger partial charge in [-0.15, -0.1) is 0 Å². The number of amides is 1. The van der Waals surface area contributed by atoms with Gasteiger partial charge in [0.1, 0.15) is 5.75 Å². The van der Waals surface area contributed by atoms with Crippen molar-refractivity contribution in [3.63, 3.8) is 0 Å². The van der Waals surface area contributed by atoms with Crippen LogP contribution in [0.4, 0.5) is 0 Å². The van der Waals surface area contributed by atoms with Crippen LogP contribution in [-0.4, -0.2) is 24.0 Å². The highest BCUT2D eigenvalue weighted by Crippen LogP contribution is 2.32. The van der Waals surface area contributed by atoms with Crippen molar-refractivity contribution in [1.29, 1.82) is 0 Å². The number of hydrogen-bond acceptors (Lipinski definition) is 2. The van der Waals surface area contributed by atoms with E-state index in [0.29, 0.717) is 6.42 Å². The molecule has 1 unspecified atom stereocenters. The zero-order chi connectivity index (χ0) is 14.1. The number of aromatic nitrogens is 1. The number of aromatic amines is 1. The lowest BCUT2D eigenvalue weighted by molar-refractivity contribution is -0.121. The van der Waals surface area contributed by atoms with E-state index < -0.39 is 0 Å². The van der Waals surface area contributed by atoms with Gasteiger partial charge in [0.2, 0.25) is 5.91 Å². The van der Waals surface area contributed by atoms with E-state index in [0.717, 1.165) is 30.5 Å². The number of ether oxygens (including phenoxy) is 1. The molecule has 1 amide bonds. The number of methoxy groups -OCH3 is 1. The molecule has 0 spiro atoms. The van der Waals surface area contributed by atoms with Crippen LogP contribution in [0, 0.1) is 0 Å². The number of hydrogen-bond donors (Lipinski definition) is 2. The maximum atomic E-state index is 11.7. The lowest BCUT2D eigenvalue weighted by Crippen LogP contribution is -2.35. The Labute approximate surface area is 118 Å². The third kappa shape index (κ3) is 2.26. The first-order valence-electron chi connectivity index (χ1n) is 7.18. The van der Waals surface area contributed by atoms with Crippen molar-refractivity contribution < 1.29 is 9.53 Å². The molecule has 1 atom stereocenters. The number of rotatable bonds is 4. The van der Waals surface area contributed by atoms with Crippen molar-refractivity contribution in [3.05, 3.63) is 29.5 Å². The van der Waals surface area contributed by atoms with E-state index in [2.05, 4.69) is 22.4 Å². The van der Waals surface area contributed by atoms with Gasteiger partial charge in [-0.25, -0.2) is 0 Å². The summed E-state index contributed by atoms with van der Waals surface area (Å²) >= 11 is 0. The molecule has 20 heavy (non-hydrogen) atoms. The van der Waals surface area contributed by atoms with E-state index in [1.165, 1.54) is 16.6 Å². The SMILES string of the molecule is CCCC(=O)NC1Cc2[nH]c3ccc(OC)cc3c2C1. The van der Waals surface area contributed by atoms with Crippen LogP contribution in [0.3, 0.4) is 0 Å². The number of H-pyrrole nitrogens is 1. The summed E-state index contributed by atoms with van der Waals surface area (Å²) in [4.78, 5) is 15.2. The summed E-state index contributed by atoms with van der Waals surface area (Å²) in [6, 6.07) is 6.32. The summed E-state index contributed by atoms with van der Waals surface area (Å²) in [5.41, 5.74) is 3.71. The molecular weight excluding hydrogens is 252 g/mol. The van der Waals surface area contributed by atoms with Gasteiger partial charge in [0.15, 0.2) is 0 Å². The van der Waals surface area contributed by atoms with Crippen molar-refractivity contribution in [1.82, 2.24) is 10.3 Å². The van der Waals surface area contributed by atoms with E-state index in [1.54, 1.807) is 7.11 Å². The Morgan fingerprint density at radius 3 is 3.05 bits per heavy atom. The minimum atomic E-state index is 0.157. The van der Waals surface area contributed by atoms with E-state index in [9.17, 15) is 4.79 Å². The lowest BCUT2D eigenvalue weighted by Gasteiger charge is -2.12. The maximum absolute atomic E-state index is 11.7. The Bertz CT molecular complexity index is 645. The molecule has 1 aliphatic rings. The quantitative estimate of drug-likeness (QED) is 0.898. The van der Waals surface area contributed by atoms with Gasteiger partial charge in [0.05, 0.1) is 7.11 Å². The molecule has 1 aromatic carbocycles. The van der Waals surface area contributed by atoms with Crippen LogP contribution in [0.25, 0.3) is 10.9 Å². The summed E-state index contributed by atoms with van der Waals surface area (Å²) in [5.74, 6) is 1.03. The predicted molar refractivity (Wildman–Crippen MR) is 79.1 cm³/mol. The van der Waals surface area contributed by atoms with Gasteiger partial charge >= 0.3 is 0 Å². The molecule has 1 aliphatic carbocycles. The average Bonchev–Trinajstić information content (AvgIpc) is 2.95. The summed E-state index contributed by atoms with van der Waals surface area (Å²) in [7, 11) is 1.68. The molecule has 2 aromatic rings. The summed E-state index contributed by atoms with van der Waals surface area (Å²) < 4.78 is 5.29. The molecule has 0 saturated heterocycles. The molecule has 0 bridgehead atoms. The fourth-order valence-corrected chi connectivity index (χ4v) is 3.01. The van der Waals surface area contributed by atoms with Gasteiger partial charge in [-0.05, 0) is 36.6 Å². The number of benzene rings is 1. The van der Waals surface area contributed by atoms with E-state index in [1.807, 2.05) is 13.0 Å². The third-order valence-corrected chi connectivity index (χ3v) is 3.94.